The first-order valence-electron chi connectivity index (χ1n) is 27.5. The highest BCUT2D eigenvalue weighted by Crippen LogP contribution is 2.36. The van der Waals surface area contributed by atoms with Crippen LogP contribution in [0.15, 0.2) is 262 Å². The molecule has 0 spiro atoms. The highest BCUT2D eigenvalue weighted by atomic mass is 32.2. The maximum atomic E-state index is 14.6. The van der Waals surface area contributed by atoms with Crippen LogP contribution < -0.4 is 26.7 Å². The summed E-state index contributed by atoms with van der Waals surface area (Å²) in [6.45, 7) is 7.20. The van der Waals surface area contributed by atoms with Gasteiger partial charge in [-0.1, -0.05) is 119 Å². The van der Waals surface area contributed by atoms with Crippen molar-refractivity contribution in [1.82, 2.24) is 0 Å². The molecule has 0 fully saturated rings. The molecule has 12 bridgehead atoms. The molecule has 0 saturated carbocycles. The average Bonchev–Trinajstić information content (AvgIpc) is 1.26. The average molecular weight is 1220 g/mol. The molecule has 10 aliphatic heterocycles. The minimum atomic E-state index is -4.16. The van der Waals surface area contributed by atoms with Gasteiger partial charge in [0.1, 0.15) is 23.0 Å². The highest BCUT2D eigenvalue weighted by Gasteiger charge is 2.30. The maximum Gasteiger partial charge on any atom is 0.264 e. The van der Waals surface area contributed by atoms with Crippen molar-refractivity contribution < 1.29 is 43.1 Å². The van der Waals surface area contributed by atoms with Gasteiger partial charge in [0.15, 0.2) is 0 Å². The molecule has 10 heterocycles. The molecule has 0 amide bonds. The van der Waals surface area contributed by atoms with E-state index in [1.807, 2.05) is 27.7 Å². The van der Waals surface area contributed by atoms with Crippen molar-refractivity contribution in [3.63, 3.8) is 0 Å². The van der Waals surface area contributed by atoms with Gasteiger partial charge in [0, 0.05) is 0 Å². The fourth-order valence-electron chi connectivity index (χ4n) is 9.77. The number of aryl methyl sites for hydroxylation is 4. The van der Waals surface area contributed by atoms with E-state index in [9.17, 15) is 33.7 Å². The maximum absolute atomic E-state index is 14.6. The van der Waals surface area contributed by atoms with Crippen LogP contribution in [-0.2, 0) is 66.3 Å². The second-order valence-corrected chi connectivity index (χ2v) is 28.6. The number of anilines is 4. The van der Waals surface area contributed by atoms with Crippen LogP contribution in [0.2, 0.25) is 0 Å². The summed E-state index contributed by atoms with van der Waals surface area (Å²) in [5.74, 6) is 1.54. The summed E-state index contributed by atoms with van der Waals surface area (Å²) in [7, 11) is -16.6. The Balaban J connectivity index is 0.986. The van der Waals surface area contributed by atoms with E-state index >= 15 is 0 Å². The van der Waals surface area contributed by atoms with Gasteiger partial charge in [0.25, 0.3) is 40.1 Å². The van der Waals surface area contributed by atoms with Crippen LogP contribution in [0.4, 0.5) is 22.7 Å². The monoisotopic (exact) mass is 1220 g/mol. The smallest absolute Gasteiger partial charge is 0.264 e. The number of hydrogen-bond acceptors (Lipinski definition) is 10. The number of ether oxygens (including phenoxy) is 2. The molecule has 0 N–H and O–H groups in total. The molecule has 0 saturated heterocycles. The van der Waals surface area contributed by atoms with Crippen LogP contribution in [0.3, 0.4) is 0 Å². The topological polar surface area (TPSA) is 168 Å². The fraction of sp³-hybridized carbons (Fsp3) is 0.118. The quantitative estimate of drug-likeness (QED) is 0.143. The van der Waals surface area contributed by atoms with E-state index < -0.39 is 40.1 Å². The van der Waals surface area contributed by atoms with Gasteiger partial charge in [-0.3, -0.25) is 17.2 Å². The van der Waals surface area contributed by atoms with Gasteiger partial charge in [-0.15, -0.1) is 0 Å². The molecule has 0 atom stereocenters. The number of sulfonamides is 4. The molecular weight excluding hydrogens is 1160 g/mol. The van der Waals surface area contributed by atoms with Crippen molar-refractivity contribution in [2.45, 2.75) is 73.5 Å². The second-order valence-electron chi connectivity index (χ2n) is 21.1. The first-order chi connectivity index (χ1) is 41.2. The number of rotatable bonds is 8. The normalized spacial score (nSPS) is 13.6. The summed E-state index contributed by atoms with van der Waals surface area (Å²) >= 11 is 0. The van der Waals surface area contributed by atoms with E-state index in [2.05, 4.69) is 0 Å². The first-order valence-corrected chi connectivity index (χ1v) is 33.2. The largest absolute Gasteiger partial charge is 0.457 e. The minimum Gasteiger partial charge on any atom is -0.457 e. The third-order valence-corrected chi connectivity index (χ3v) is 21.9. The lowest BCUT2D eigenvalue weighted by molar-refractivity contribution is 0.482. The summed E-state index contributed by atoms with van der Waals surface area (Å²) in [6, 6.07) is 67.1. The Morgan fingerprint density at radius 2 is 0.395 bits per heavy atom. The van der Waals surface area contributed by atoms with Crippen LogP contribution in [0, 0.1) is 27.7 Å². The van der Waals surface area contributed by atoms with Gasteiger partial charge in [0.05, 0.1) is 68.5 Å². The van der Waals surface area contributed by atoms with Gasteiger partial charge in [-0.2, -0.15) is 0 Å². The van der Waals surface area contributed by atoms with Crippen molar-refractivity contribution >= 4 is 62.8 Å². The molecule has 0 aromatic heterocycles. The van der Waals surface area contributed by atoms with Gasteiger partial charge in [-0.05, 0) is 196 Å². The molecule has 18 heteroatoms. The van der Waals surface area contributed by atoms with Crippen LogP contribution >= 0.6 is 0 Å². The molecule has 14 nitrogen and oxygen atoms in total. The Labute approximate surface area is 503 Å². The number of nitrogens with zero attached hydrogens (tertiary/aromatic N) is 4. The Morgan fingerprint density at radius 3 is 0.558 bits per heavy atom. The van der Waals surface area contributed by atoms with Gasteiger partial charge >= 0.3 is 0 Å². The fourth-order valence-corrected chi connectivity index (χ4v) is 15.6. The van der Waals surface area contributed by atoms with E-state index in [0.29, 0.717) is 68.0 Å². The van der Waals surface area contributed by atoms with Crippen molar-refractivity contribution in [1.29, 1.82) is 0 Å². The van der Waals surface area contributed by atoms with Crippen molar-refractivity contribution in [3.8, 4) is 23.0 Å². The highest BCUT2D eigenvalue weighted by molar-refractivity contribution is 7.93. The lowest BCUT2D eigenvalue weighted by Gasteiger charge is -2.27. The predicted molar refractivity (Wildman–Crippen MR) is 337 cm³/mol. The summed E-state index contributed by atoms with van der Waals surface area (Å²) in [4.78, 5) is 0.369. The second kappa shape index (κ2) is 24.0. The van der Waals surface area contributed by atoms with E-state index in [1.165, 1.54) is 17.2 Å². The standard InChI is InChI=1S/C68H60N4O10S4/c1-49-5-37-65(38-6-49)83(73,74)69-45-53-13-15-54(16-14-53)46-70(84(75,76)66-39-7-50(2)8-40-66)58-25-33-63(34-26-58)82-64-35-27-60(28-36-64)72(86(79,80)68-43-11-52(4)12-44-68)48-56-19-17-55(18-20-56)47-71(85(77,78)67-41-9-51(3)10-42-67)59-23-31-62(32-24-59)81-61-29-21-57(69)22-30-61/h5-44H,45-48H2,1-4H3. The van der Waals surface area contributed by atoms with E-state index in [0.717, 1.165) is 22.3 Å². The van der Waals surface area contributed by atoms with Gasteiger partial charge in [0.2, 0.25) is 0 Å². The summed E-state index contributed by atoms with van der Waals surface area (Å²) in [5.41, 5.74) is 7.48. The van der Waals surface area contributed by atoms with Gasteiger partial charge < -0.3 is 9.47 Å². The lowest BCUT2D eigenvalue weighted by Crippen LogP contribution is -2.31. The third kappa shape index (κ3) is 12.7. The van der Waals surface area contributed by atoms with E-state index in [-0.39, 0.29) is 45.8 Å². The molecule has 10 aliphatic rings. The zero-order chi connectivity index (χ0) is 60.4. The van der Waals surface area contributed by atoms with E-state index in [4.69, 9.17) is 9.47 Å². The molecule has 0 unspecified atom stereocenters. The minimum absolute atomic E-state index is 0.0787. The summed E-state index contributed by atoms with van der Waals surface area (Å²) in [6.07, 6.45) is 0. The molecule has 0 aliphatic carbocycles. The van der Waals surface area contributed by atoms with Crippen molar-refractivity contribution in [2.75, 3.05) is 17.2 Å². The Bertz CT molecular complexity index is 3910. The molecule has 86 heavy (non-hydrogen) atoms. The zero-order valence-electron chi connectivity index (χ0n) is 47.4. The van der Waals surface area contributed by atoms with Crippen LogP contribution in [0.1, 0.15) is 44.5 Å². The molecule has 20 rings (SSSR count). The van der Waals surface area contributed by atoms with Crippen molar-refractivity contribution in [2.24, 2.45) is 0 Å². The Kier molecular flexibility index (Phi) is 16.4. The molecule has 10 aromatic rings. The van der Waals surface area contributed by atoms with Crippen molar-refractivity contribution in [3.05, 3.63) is 287 Å². The SMILES string of the molecule is Cc1ccc(S(=O)(=O)N2Cc3ccc(cc3)CN(S(=O)(=O)c3ccc(C)cc3)c3ccc(cc3)Oc3ccc(cc3)N(S(=O)(=O)c3ccc(C)cc3)Cc3ccc(cc3)CN(S(=O)(=O)c3ccc(C)cc3)c3ccc(cc3)Oc3ccc2cc3)cc1. The Hall–Kier alpha value is -9.20. The van der Waals surface area contributed by atoms with Crippen LogP contribution in [0.5, 0.6) is 23.0 Å². The lowest BCUT2D eigenvalue weighted by atomic mass is 10.1. The first kappa shape index (κ1) is 58.6. The molecule has 10 aromatic carbocycles. The molecule has 0 radical (unpaired) electrons. The van der Waals surface area contributed by atoms with Crippen LogP contribution in [0.25, 0.3) is 0 Å². The van der Waals surface area contributed by atoms with Gasteiger partial charge in [-0.25, -0.2) is 33.7 Å². The molecular formula is C68H60N4O10S4. The predicted octanol–water partition coefficient (Wildman–Crippen LogP) is 14.4. The number of hydrogen-bond donors (Lipinski definition) is 0. The summed E-state index contributed by atoms with van der Waals surface area (Å²) in [5, 5.41) is 0. The Morgan fingerprint density at radius 1 is 0.233 bits per heavy atom. The number of benzene rings is 10. The van der Waals surface area contributed by atoms with Crippen LogP contribution in [-0.4, -0.2) is 33.7 Å². The third-order valence-electron chi connectivity index (χ3n) is 14.8. The zero-order valence-corrected chi connectivity index (χ0v) is 50.7. The molecule has 436 valence electrons. The summed E-state index contributed by atoms with van der Waals surface area (Å²) < 4.78 is 135. The van der Waals surface area contributed by atoms with E-state index in [1.54, 1.807) is 243 Å².